The van der Waals surface area contributed by atoms with Gasteiger partial charge in [0.1, 0.15) is 17.3 Å². The number of nitrogens with zero attached hydrogens (tertiary/aromatic N) is 2. The van der Waals surface area contributed by atoms with Gasteiger partial charge in [0.2, 0.25) is 0 Å². The van der Waals surface area contributed by atoms with Gasteiger partial charge in [0.05, 0.1) is 0 Å². The van der Waals surface area contributed by atoms with Crippen molar-refractivity contribution in [1.82, 2.24) is 4.90 Å². The molecule has 20 heavy (non-hydrogen) atoms. The number of halogens is 2. The Balaban J connectivity index is 2.07. The number of anilines is 1. The summed E-state index contributed by atoms with van der Waals surface area (Å²) in [5.41, 5.74) is 5.96. The third-order valence-electron chi connectivity index (χ3n) is 4.06. The summed E-state index contributed by atoms with van der Waals surface area (Å²) in [6, 6.07) is 2.65. The Hall–Kier alpha value is -1.20. The van der Waals surface area contributed by atoms with Crippen molar-refractivity contribution in [3.63, 3.8) is 0 Å². The standard InChI is InChI=1S/C15H23F2N3/c1-19-5-3-11(4-6-19)10-20(2)15-13(16)7-12(9-18)8-14(15)17/h7-8,11H,3-6,9-10,18H2,1-2H3. The molecule has 1 aromatic rings. The summed E-state index contributed by atoms with van der Waals surface area (Å²) >= 11 is 0. The van der Waals surface area contributed by atoms with Gasteiger partial charge in [-0.25, -0.2) is 8.78 Å². The van der Waals surface area contributed by atoms with Crippen LogP contribution in [0.25, 0.3) is 0 Å². The lowest BCUT2D eigenvalue weighted by Crippen LogP contribution is -2.36. The first-order valence-electron chi connectivity index (χ1n) is 7.09. The quantitative estimate of drug-likeness (QED) is 0.919. The minimum Gasteiger partial charge on any atom is -0.370 e. The van der Waals surface area contributed by atoms with Crippen LogP contribution < -0.4 is 10.6 Å². The zero-order valence-corrected chi connectivity index (χ0v) is 12.2. The number of nitrogens with two attached hydrogens (primary N) is 1. The number of likely N-dealkylation sites (tertiary alicyclic amines) is 1. The first-order valence-corrected chi connectivity index (χ1v) is 7.09. The summed E-state index contributed by atoms with van der Waals surface area (Å²) in [5, 5.41) is 0. The Kier molecular flexibility index (Phi) is 4.94. The molecule has 1 aromatic carbocycles. The summed E-state index contributed by atoms with van der Waals surface area (Å²) < 4.78 is 28.0. The summed E-state index contributed by atoms with van der Waals surface area (Å²) in [4.78, 5) is 3.98. The highest BCUT2D eigenvalue weighted by Gasteiger charge is 2.21. The van der Waals surface area contributed by atoms with E-state index in [0.717, 1.165) is 25.9 Å². The maximum atomic E-state index is 14.0. The lowest BCUT2D eigenvalue weighted by Gasteiger charge is -2.32. The fourth-order valence-corrected chi connectivity index (χ4v) is 2.82. The maximum Gasteiger partial charge on any atom is 0.149 e. The van der Waals surface area contributed by atoms with E-state index in [1.165, 1.54) is 12.1 Å². The Labute approximate surface area is 119 Å². The van der Waals surface area contributed by atoms with Gasteiger partial charge in [-0.3, -0.25) is 0 Å². The number of hydrogen-bond donors (Lipinski definition) is 1. The minimum atomic E-state index is -0.527. The Bertz CT molecular complexity index is 433. The van der Waals surface area contributed by atoms with Crippen LogP contribution in [0.3, 0.4) is 0 Å². The molecule has 1 saturated heterocycles. The van der Waals surface area contributed by atoms with Crippen molar-refractivity contribution in [2.75, 3.05) is 38.6 Å². The highest BCUT2D eigenvalue weighted by molar-refractivity contribution is 5.50. The number of rotatable bonds is 4. The van der Waals surface area contributed by atoms with Crippen molar-refractivity contribution in [2.45, 2.75) is 19.4 Å². The van der Waals surface area contributed by atoms with Gasteiger partial charge in [0, 0.05) is 20.1 Å². The molecular weight excluding hydrogens is 260 g/mol. The molecule has 0 spiro atoms. The average molecular weight is 283 g/mol. The fraction of sp³-hybridized carbons (Fsp3) is 0.600. The summed E-state index contributed by atoms with van der Waals surface area (Å²) in [6.45, 7) is 2.93. The molecule has 2 rings (SSSR count). The van der Waals surface area contributed by atoms with Gasteiger partial charge >= 0.3 is 0 Å². The van der Waals surface area contributed by atoms with Crippen LogP contribution in [-0.2, 0) is 6.54 Å². The van der Waals surface area contributed by atoms with Crippen LogP contribution >= 0.6 is 0 Å². The van der Waals surface area contributed by atoms with E-state index in [1.54, 1.807) is 11.9 Å². The minimum absolute atomic E-state index is 0.0566. The number of piperidine rings is 1. The molecule has 112 valence electrons. The second-order valence-electron chi connectivity index (χ2n) is 5.74. The number of benzene rings is 1. The van der Waals surface area contributed by atoms with Crippen LogP contribution in [0.4, 0.5) is 14.5 Å². The normalized spacial score (nSPS) is 17.4. The van der Waals surface area contributed by atoms with E-state index in [4.69, 9.17) is 5.73 Å². The predicted octanol–water partition coefficient (Wildman–Crippen LogP) is 2.20. The van der Waals surface area contributed by atoms with Crippen molar-refractivity contribution in [3.8, 4) is 0 Å². The highest BCUT2D eigenvalue weighted by atomic mass is 19.1. The molecule has 1 aliphatic rings. The van der Waals surface area contributed by atoms with Gasteiger partial charge in [-0.1, -0.05) is 0 Å². The van der Waals surface area contributed by atoms with Gasteiger partial charge < -0.3 is 15.5 Å². The third-order valence-corrected chi connectivity index (χ3v) is 4.06. The second kappa shape index (κ2) is 6.50. The molecule has 1 fully saturated rings. The van der Waals surface area contributed by atoms with Gasteiger partial charge in [-0.05, 0) is 56.6 Å². The van der Waals surface area contributed by atoms with Crippen LogP contribution in [0.2, 0.25) is 0 Å². The molecule has 2 N–H and O–H groups in total. The third kappa shape index (κ3) is 3.46. The van der Waals surface area contributed by atoms with Crippen LogP contribution in [0.1, 0.15) is 18.4 Å². The molecule has 0 unspecified atom stereocenters. The van der Waals surface area contributed by atoms with E-state index in [-0.39, 0.29) is 12.2 Å². The topological polar surface area (TPSA) is 32.5 Å². The second-order valence-corrected chi connectivity index (χ2v) is 5.74. The van der Waals surface area contributed by atoms with Crippen molar-refractivity contribution >= 4 is 5.69 Å². The van der Waals surface area contributed by atoms with E-state index in [0.29, 0.717) is 18.0 Å². The van der Waals surface area contributed by atoms with Crippen molar-refractivity contribution in [2.24, 2.45) is 11.7 Å². The van der Waals surface area contributed by atoms with E-state index in [2.05, 4.69) is 11.9 Å². The molecular formula is C15H23F2N3. The highest BCUT2D eigenvalue weighted by Crippen LogP contribution is 2.26. The lowest BCUT2D eigenvalue weighted by molar-refractivity contribution is 0.222. The van der Waals surface area contributed by atoms with E-state index in [9.17, 15) is 8.78 Å². The van der Waals surface area contributed by atoms with Gasteiger partial charge in [-0.15, -0.1) is 0 Å². The van der Waals surface area contributed by atoms with Crippen LogP contribution in [0.5, 0.6) is 0 Å². The summed E-state index contributed by atoms with van der Waals surface area (Å²) in [5.74, 6) is -0.564. The van der Waals surface area contributed by atoms with E-state index in [1.807, 2.05) is 0 Å². The first kappa shape index (κ1) is 15.2. The van der Waals surface area contributed by atoms with Crippen LogP contribution in [0.15, 0.2) is 12.1 Å². The Morgan fingerprint density at radius 1 is 1.25 bits per heavy atom. The predicted molar refractivity (Wildman–Crippen MR) is 77.7 cm³/mol. The monoisotopic (exact) mass is 283 g/mol. The zero-order valence-electron chi connectivity index (χ0n) is 12.2. The lowest BCUT2D eigenvalue weighted by atomic mass is 9.96. The summed E-state index contributed by atoms with van der Waals surface area (Å²) in [7, 11) is 3.85. The molecule has 1 aliphatic heterocycles. The molecule has 5 heteroatoms. The van der Waals surface area contributed by atoms with Gasteiger partial charge in [0.25, 0.3) is 0 Å². The van der Waals surface area contributed by atoms with E-state index < -0.39 is 11.6 Å². The maximum absolute atomic E-state index is 14.0. The van der Waals surface area contributed by atoms with Gasteiger partial charge in [-0.2, -0.15) is 0 Å². The van der Waals surface area contributed by atoms with Gasteiger partial charge in [0.15, 0.2) is 0 Å². The molecule has 0 radical (unpaired) electrons. The summed E-state index contributed by atoms with van der Waals surface area (Å²) in [6.07, 6.45) is 2.15. The van der Waals surface area contributed by atoms with Crippen molar-refractivity contribution in [1.29, 1.82) is 0 Å². The smallest absolute Gasteiger partial charge is 0.149 e. The zero-order chi connectivity index (χ0) is 14.7. The molecule has 0 saturated carbocycles. The average Bonchev–Trinajstić information content (AvgIpc) is 2.40. The molecule has 1 heterocycles. The fourth-order valence-electron chi connectivity index (χ4n) is 2.82. The van der Waals surface area contributed by atoms with Crippen molar-refractivity contribution < 1.29 is 8.78 Å². The Morgan fingerprint density at radius 2 is 1.80 bits per heavy atom. The van der Waals surface area contributed by atoms with Crippen molar-refractivity contribution in [3.05, 3.63) is 29.3 Å². The largest absolute Gasteiger partial charge is 0.370 e. The molecule has 0 atom stereocenters. The van der Waals surface area contributed by atoms with Crippen LogP contribution in [0, 0.1) is 17.6 Å². The first-order chi connectivity index (χ1) is 9.51. The molecule has 0 amide bonds. The molecule has 0 aromatic heterocycles. The SMILES string of the molecule is CN1CCC(CN(C)c2c(F)cc(CN)cc2F)CC1. The number of hydrogen-bond acceptors (Lipinski definition) is 3. The molecule has 0 bridgehead atoms. The van der Waals surface area contributed by atoms with Crippen LogP contribution in [-0.4, -0.2) is 38.6 Å². The Morgan fingerprint density at radius 3 is 2.30 bits per heavy atom. The molecule has 3 nitrogen and oxygen atoms in total. The molecule has 0 aliphatic carbocycles. The van der Waals surface area contributed by atoms with E-state index >= 15 is 0 Å².